The predicted octanol–water partition coefficient (Wildman–Crippen LogP) is 2.72. The van der Waals surface area contributed by atoms with Gasteiger partial charge in [0.2, 0.25) is 10.0 Å². The second-order valence-corrected chi connectivity index (χ2v) is 9.81. The number of pyridine rings is 1. The van der Waals surface area contributed by atoms with Crippen molar-refractivity contribution < 1.29 is 8.42 Å². The van der Waals surface area contributed by atoms with Crippen LogP contribution in [0.1, 0.15) is 30.4 Å². The van der Waals surface area contributed by atoms with E-state index in [0.717, 1.165) is 56.7 Å². The van der Waals surface area contributed by atoms with E-state index < -0.39 is 10.0 Å². The standard InChI is InChI=1S/C22H29N5O2S/c1-19-5-7-20(8-6-19)17-24-26-15-13-25(14-16-26)21-9-10-23-18-22(21)30(28,29)27-11-3-2-4-12-27/h5-10,17-18H,2-4,11-16H2,1H3. The lowest BCUT2D eigenvalue weighted by Crippen LogP contribution is -2.45. The zero-order valence-corrected chi connectivity index (χ0v) is 18.3. The summed E-state index contributed by atoms with van der Waals surface area (Å²) in [7, 11) is -3.52. The van der Waals surface area contributed by atoms with Gasteiger partial charge < -0.3 is 4.90 Å². The van der Waals surface area contributed by atoms with E-state index in [0.29, 0.717) is 18.0 Å². The third-order valence-corrected chi connectivity index (χ3v) is 7.66. The number of hydrazone groups is 1. The average Bonchev–Trinajstić information content (AvgIpc) is 2.80. The summed E-state index contributed by atoms with van der Waals surface area (Å²) >= 11 is 0. The molecule has 0 unspecified atom stereocenters. The molecule has 1 aromatic heterocycles. The second-order valence-electron chi connectivity index (χ2n) is 7.90. The minimum atomic E-state index is -3.52. The first-order valence-electron chi connectivity index (χ1n) is 10.6. The Labute approximate surface area is 179 Å². The Hall–Kier alpha value is -2.45. The average molecular weight is 428 g/mol. The van der Waals surface area contributed by atoms with E-state index in [9.17, 15) is 8.42 Å². The summed E-state index contributed by atoms with van der Waals surface area (Å²) in [6, 6.07) is 10.1. The highest BCUT2D eigenvalue weighted by atomic mass is 32.2. The predicted molar refractivity (Wildman–Crippen MR) is 119 cm³/mol. The first-order chi connectivity index (χ1) is 14.5. The summed E-state index contributed by atoms with van der Waals surface area (Å²) in [5.41, 5.74) is 3.05. The molecule has 4 rings (SSSR count). The highest BCUT2D eigenvalue weighted by Crippen LogP contribution is 2.29. The molecular formula is C22H29N5O2S. The van der Waals surface area contributed by atoms with Gasteiger partial charge in [-0.1, -0.05) is 36.2 Å². The van der Waals surface area contributed by atoms with Crippen LogP contribution >= 0.6 is 0 Å². The number of hydrogen-bond acceptors (Lipinski definition) is 6. The molecule has 2 fully saturated rings. The van der Waals surface area contributed by atoms with Crippen LogP contribution in [0.4, 0.5) is 5.69 Å². The summed E-state index contributed by atoms with van der Waals surface area (Å²) in [4.78, 5) is 6.58. The van der Waals surface area contributed by atoms with E-state index in [4.69, 9.17) is 0 Å². The van der Waals surface area contributed by atoms with Crippen molar-refractivity contribution in [3.63, 3.8) is 0 Å². The van der Waals surface area contributed by atoms with E-state index in [1.54, 1.807) is 10.5 Å². The largest absolute Gasteiger partial charge is 0.367 e. The highest BCUT2D eigenvalue weighted by Gasteiger charge is 2.30. The van der Waals surface area contributed by atoms with E-state index in [1.165, 1.54) is 11.8 Å². The molecule has 0 N–H and O–H groups in total. The van der Waals surface area contributed by atoms with Gasteiger partial charge in [-0.2, -0.15) is 9.41 Å². The van der Waals surface area contributed by atoms with Gasteiger partial charge in [0.1, 0.15) is 4.90 Å². The molecule has 2 saturated heterocycles. The van der Waals surface area contributed by atoms with E-state index >= 15 is 0 Å². The number of benzene rings is 1. The Morgan fingerprint density at radius 2 is 1.63 bits per heavy atom. The van der Waals surface area contributed by atoms with Crippen LogP contribution in [0, 0.1) is 6.92 Å². The lowest BCUT2D eigenvalue weighted by atomic mass is 10.2. The van der Waals surface area contributed by atoms with Crippen LogP contribution in [0.25, 0.3) is 0 Å². The van der Waals surface area contributed by atoms with Crippen LogP contribution in [0.3, 0.4) is 0 Å². The summed E-state index contributed by atoms with van der Waals surface area (Å²) < 4.78 is 28.1. The van der Waals surface area contributed by atoms with Gasteiger partial charge >= 0.3 is 0 Å². The molecule has 2 aromatic rings. The number of nitrogens with zero attached hydrogens (tertiary/aromatic N) is 5. The minimum absolute atomic E-state index is 0.323. The van der Waals surface area contributed by atoms with Gasteiger partial charge in [0.15, 0.2) is 0 Å². The first-order valence-corrected chi connectivity index (χ1v) is 12.0. The van der Waals surface area contributed by atoms with Crippen LogP contribution in [-0.4, -0.2) is 68.2 Å². The van der Waals surface area contributed by atoms with E-state index in [2.05, 4.69) is 46.2 Å². The van der Waals surface area contributed by atoms with Crippen molar-refractivity contribution in [3.8, 4) is 0 Å². The van der Waals surface area contributed by atoms with Gasteiger partial charge in [0, 0.05) is 38.6 Å². The molecule has 2 aliphatic heterocycles. The number of hydrogen-bond donors (Lipinski definition) is 0. The van der Waals surface area contributed by atoms with Gasteiger partial charge in [0.05, 0.1) is 25.0 Å². The molecule has 0 amide bonds. The Morgan fingerprint density at radius 1 is 0.933 bits per heavy atom. The number of aromatic nitrogens is 1. The molecule has 8 heteroatoms. The molecule has 0 radical (unpaired) electrons. The Morgan fingerprint density at radius 3 is 2.33 bits per heavy atom. The van der Waals surface area contributed by atoms with Crippen molar-refractivity contribution in [2.75, 3.05) is 44.2 Å². The molecule has 0 bridgehead atoms. The summed E-state index contributed by atoms with van der Waals surface area (Å²) in [6.07, 6.45) is 8.00. The number of anilines is 1. The van der Waals surface area contributed by atoms with E-state index in [-0.39, 0.29) is 0 Å². The molecule has 0 spiro atoms. The minimum Gasteiger partial charge on any atom is -0.367 e. The second kappa shape index (κ2) is 9.14. The van der Waals surface area contributed by atoms with E-state index in [1.807, 2.05) is 17.3 Å². The number of aryl methyl sites for hydroxylation is 1. The topological polar surface area (TPSA) is 69.1 Å². The molecule has 1 aromatic carbocycles. The Kier molecular flexibility index (Phi) is 6.34. The third-order valence-electron chi connectivity index (χ3n) is 5.74. The smallest absolute Gasteiger partial charge is 0.246 e. The summed E-state index contributed by atoms with van der Waals surface area (Å²) in [5, 5.41) is 6.64. The fraction of sp³-hybridized carbons (Fsp3) is 0.455. The molecule has 160 valence electrons. The van der Waals surface area contributed by atoms with Crippen LogP contribution in [0.15, 0.2) is 52.7 Å². The van der Waals surface area contributed by atoms with Crippen molar-refractivity contribution in [2.45, 2.75) is 31.1 Å². The summed E-state index contributed by atoms with van der Waals surface area (Å²) in [6.45, 7) is 6.19. The van der Waals surface area contributed by atoms with Crippen LogP contribution in [0.5, 0.6) is 0 Å². The maximum atomic E-state index is 13.2. The number of piperazine rings is 1. The quantitative estimate of drug-likeness (QED) is 0.687. The van der Waals surface area contributed by atoms with Gasteiger partial charge in [-0.05, 0) is 31.4 Å². The molecule has 0 atom stereocenters. The monoisotopic (exact) mass is 427 g/mol. The van der Waals surface area contributed by atoms with Crippen LogP contribution in [-0.2, 0) is 10.0 Å². The highest BCUT2D eigenvalue weighted by molar-refractivity contribution is 7.89. The molecule has 0 aliphatic carbocycles. The van der Waals surface area contributed by atoms with Crippen molar-refractivity contribution in [2.24, 2.45) is 5.10 Å². The maximum Gasteiger partial charge on any atom is 0.246 e. The van der Waals surface area contributed by atoms with Gasteiger partial charge in [0.25, 0.3) is 0 Å². The molecular weight excluding hydrogens is 398 g/mol. The molecule has 0 saturated carbocycles. The lowest BCUT2D eigenvalue weighted by molar-refractivity contribution is 0.271. The Bertz CT molecular complexity index is 977. The lowest BCUT2D eigenvalue weighted by Gasteiger charge is -2.36. The third kappa shape index (κ3) is 4.65. The van der Waals surface area contributed by atoms with Gasteiger partial charge in [-0.15, -0.1) is 0 Å². The summed E-state index contributed by atoms with van der Waals surface area (Å²) in [5.74, 6) is 0. The SMILES string of the molecule is Cc1ccc(C=NN2CCN(c3ccncc3S(=O)(=O)N3CCCCC3)CC2)cc1. The van der Waals surface area contributed by atoms with Crippen LogP contribution < -0.4 is 4.90 Å². The van der Waals surface area contributed by atoms with Crippen molar-refractivity contribution >= 4 is 21.9 Å². The fourth-order valence-electron chi connectivity index (χ4n) is 3.93. The molecule has 7 nitrogen and oxygen atoms in total. The maximum absolute atomic E-state index is 13.2. The number of rotatable bonds is 5. The van der Waals surface area contributed by atoms with Crippen molar-refractivity contribution in [1.82, 2.24) is 14.3 Å². The van der Waals surface area contributed by atoms with Crippen molar-refractivity contribution in [3.05, 3.63) is 53.9 Å². The zero-order valence-electron chi connectivity index (χ0n) is 17.4. The zero-order chi connectivity index (χ0) is 21.0. The normalized spacial score (nSPS) is 18.8. The van der Waals surface area contributed by atoms with Crippen molar-refractivity contribution in [1.29, 1.82) is 0 Å². The number of sulfonamides is 1. The fourth-order valence-corrected chi connectivity index (χ4v) is 5.60. The molecule has 30 heavy (non-hydrogen) atoms. The van der Waals surface area contributed by atoms with Crippen LogP contribution in [0.2, 0.25) is 0 Å². The number of piperidine rings is 1. The van der Waals surface area contributed by atoms with Gasteiger partial charge in [-0.3, -0.25) is 9.99 Å². The molecule has 2 aliphatic rings. The molecule has 3 heterocycles. The first kappa shape index (κ1) is 20.8. The Balaban J connectivity index is 1.44. The van der Waals surface area contributed by atoms with Gasteiger partial charge in [-0.25, -0.2) is 8.42 Å².